The van der Waals surface area contributed by atoms with Crippen LogP contribution in [0.1, 0.15) is 25.7 Å². The lowest BCUT2D eigenvalue weighted by atomic mass is 10.3. The molecule has 0 aliphatic heterocycles. The highest BCUT2D eigenvalue weighted by atomic mass is 32.2. The fourth-order valence-electron chi connectivity index (χ4n) is 1.92. The third kappa shape index (κ3) is 3.43. The second-order valence-electron chi connectivity index (χ2n) is 3.83. The molecule has 6 nitrogen and oxygen atoms in total. The fraction of sp³-hybridized carbons (Fsp3) is 0.889. The molecule has 1 aliphatic carbocycles. The van der Waals surface area contributed by atoms with Gasteiger partial charge in [0.2, 0.25) is 10.0 Å². The van der Waals surface area contributed by atoms with Crippen LogP contribution >= 0.6 is 0 Å². The molecule has 0 heterocycles. The maximum absolute atomic E-state index is 11.8. The van der Waals surface area contributed by atoms with Crippen molar-refractivity contribution in [3.05, 3.63) is 0 Å². The number of nitrogens with one attached hydrogen (secondary N) is 1. The SMILES string of the molecule is COC1CCCC1S(=O)(=O)NCCC(=O)O. The first-order chi connectivity index (χ1) is 7.47. The molecule has 0 amide bonds. The first-order valence-electron chi connectivity index (χ1n) is 5.20. The summed E-state index contributed by atoms with van der Waals surface area (Å²) >= 11 is 0. The molecule has 1 fully saturated rings. The maximum Gasteiger partial charge on any atom is 0.304 e. The van der Waals surface area contributed by atoms with Crippen LogP contribution in [-0.2, 0) is 19.6 Å². The molecule has 2 unspecified atom stereocenters. The van der Waals surface area contributed by atoms with Crippen LogP contribution in [0.15, 0.2) is 0 Å². The molecule has 2 N–H and O–H groups in total. The first kappa shape index (κ1) is 13.4. The second kappa shape index (κ2) is 5.60. The van der Waals surface area contributed by atoms with E-state index in [-0.39, 0.29) is 19.1 Å². The van der Waals surface area contributed by atoms with Crippen LogP contribution in [0.4, 0.5) is 0 Å². The minimum atomic E-state index is -3.46. The predicted octanol–water partition coefficient (Wildman–Crippen LogP) is -0.0520. The number of hydrogen-bond acceptors (Lipinski definition) is 4. The zero-order valence-corrected chi connectivity index (χ0v) is 10.00. The summed E-state index contributed by atoms with van der Waals surface area (Å²) in [7, 11) is -1.96. The Morgan fingerprint density at radius 2 is 2.19 bits per heavy atom. The Morgan fingerprint density at radius 3 is 2.75 bits per heavy atom. The standard InChI is InChI=1S/C9H17NO5S/c1-15-7-3-2-4-8(7)16(13,14)10-6-5-9(11)12/h7-8,10H,2-6H2,1H3,(H,11,12). The van der Waals surface area contributed by atoms with E-state index in [9.17, 15) is 13.2 Å². The van der Waals surface area contributed by atoms with Crippen molar-refractivity contribution in [2.24, 2.45) is 0 Å². The lowest BCUT2D eigenvalue weighted by molar-refractivity contribution is -0.136. The highest BCUT2D eigenvalue weighted by Crippen LogP contribution is 2.26. The van der Waals surface area contributed by atoms with E-state index < -0.39 is 21.2 Å². The number of carboxylic acid groups (broad SMARTS) is 1. The molecule has 2 atom stereocenters. The Hall–Kier alpha value is -0.660. The minimum Gasteiger partial charge on any atom is -0.481 e. The summed E-state index contributed by atoms with van der Waals surface area (Å²) in [5, 5.41) is 7.86. The molecule has 0 aromatic heterocycles. The van der Waals surface area contributed by atoms with Gasteiger partial charge in [-0.3, -0.25) is 4.79 Å². The molecule has 16 heavy (non-hydrogen) atoms. The van der Waals surface area contributed by atoms with Gasteiger partial charge in [0.25, 0.3) is 0 Å². The van der Waals surface area contributed by atoms with Crippen LogP contribution in [-0.4, -0.2) is 44.5 Å². The Bertz CT molecular complexity index is 340. The minimum absolute atomic E-state index is 0.0649. The largest absolute Gasteiger partial charge is 0.481 e. The van der Waals surface area contributed by atoms with Crippen molar-refractivity contribution in [3.8, 4) is 0 Å². The van der Waals surface area contributed by atoms with Crippen LogP contribution in [0.25, 0.3) is 0 Å². The van der Waals surface area contributed by atoms with E-state index in [2.05, 4.69) is 4.72 Å². The number of sulfonamides is 1. The van der Waals surface area contributed by atoms with Gasteiger partial charge in [-0.15, -0.1) is 0 Å². The van der Waals surface area contributed by atoms with Gasteiger partial charge < -0.3 is 9.84 Å². The first-order valence-corrected chi connectivity index (χ1v) is 6.75. The fourth-order valence-corrected chi connectivity index (χ4v) is 3.65. The highest BCUT2D eigenvalue weighted by Gasteiger charge is 2.37. The van der Waals surface area contributed by atoms with Gasteiger partial charge >= 0.3 is 5.97 Å². The summed E-state index contributed by atoms with van der Waals surface area (Å²) in [6.07, 6.45) is 1.65. The van der Waals surface area contributed by atoms with Crippen LogP contribution in [0, 0.1) is 0 Å². The van der Waals surface area contributed by atoms with E-state index in [4.69, 9.17) is 9.84 Å². The van der Waals surface area contributed by atoms with E-state index in [0.717, 1.165) is 12.8 Å². The summed E-state index contributed by atoms with van der Waals surface area (Å²) in [4.78, 5) is 10.3. The summed E-state index contributed by atoms with van der Waals surface area (Å²) < 4.78 is 31.0. The summed E-state index contributed by atoms with van der Waals surface area (Å²) in [5.74, 6) is -1.02. The van der Waals surface area contributed by atoms with Crippen LogP contribution in [0.5, 0.6) is 0 Å². The monoisotopic (exact) mass is 251 g/mol. The number of carbonyl (C=O) groups is 1. The zero-order chi connectivity index (χ0) is 12.2. The van der Waals surface area contributed by atoms with Crippen molar-refractivity contribution in [1.29, 1.82) is 0 Å². The van der Waals surface area contributed by atoms with Crippen LogP contribution in [0.2, 0.25) is 0 Å². The van der Waals surface area contributed by atoms with E-state index in [1.165, 1.54) is 7.11 Å². The average molecular weight is 251 g/mol. The van der Waals surface area contributed by atoms with Crippen molar-refractivity contribution in [1.82, 2.24) is 4.72 Å². The molecule has 7 heteroatoms. The molecule has 1 aliphatic rings. The normalized spacial score (nSPS) is 25.8. The van der Waals surface area contributed by atoms with Gasteiger partial charge in [-0.05, 0) is 19.3 Å². The predicted molar refractivity (Wildman–Crippen MR) is 57.6 cm³/mol. The molecule has 1 saturated carbocycles. The Morgan fingerprint density at radius 1 is 1.50 bits per heavy atom. The van der Waals surface area contributed by atoms with Crippen LogP contribution in [0.3, 0.4) is 0 Å². The molecule has 0 radical (unpaired) electrons. The lowest BCUT2D eigenvalue weighted by Gasteiger charge is -2.18. The summed E-state index contributed by atoms with van der Waals surface area (Å²) in [6.45, 7) is -0.0649. The number of carboxylic acids is 1. The number of rotatable bonds is 6. The number of hydrogen-bond donors (Lipinski definition) is 2. The van der Waals surface area contributed by atoms with E-state index in [1.54, 1.807) is 0 Å². The van der Waals surface area contributed by atoms with Crippen molar-refractivity contribution < 1.29 is 23.1 Å². The lowest BCUT2D eigenvalue weighted by Crippen LogP contribution is -2.40. The quantitative estimate of drug-likeness (QED) is 0.690. The third-order valence-electron chi connectivity index (χ3n) is 2.74. The molecule has 94 valence electrons. The van der Waals surface area contributed by atoms with Gasteiger partial charge in [0, 0.05) is 13.7 Å². The molecular weight excluding hydrogens is 234 g/mol. The number of methoxy groups -OCH3 is 1. The Balaban J connectivity index is 2.52. The topological polar surface area (TPSA) is 92.7 Å². The second-order valence-corrected chi connectivity index (χ2v) is 5.81. The van der Waals surface area contributed by atoms with Crippen molar-refractivity contribution in [2.45, 2.75) is 37.0 Å². The van der Waals surface area contributed by atoms with Gasteiger partial charge in [-0.1, -0.05) is 0 Å². The number of aliphatic carboxylic acids is 1. The summed E-state index contributed by atoms with van der Waals surface area (Å²) in [6, 6.07) is 0. The van der Waals surface area contributed by atoms with Crippen LogP contribution < -0.4 is 4.72 Å². The highest BCUT2D eigenvalue weighted by molar-refractivity contribution is 7.90. The third-order valence-corrected chi connectivity index (χ3v) is 4.68. The van der Waals surface area contributed by atoms with E-state index in [1.807, 2.05) is 0 Å². The zero-order valence-electron chi connectivity index (χ0n) is 9.18. The molecule has 0 bridgehead atoms. The van der Waals surface area contributed by atoms with E-state index in [0.29, 0.717) is 6.42 Å². The van der Waals surface area contributed by atoms with Crippen molar-refractivity contribution >= 4 is 16.0 Å². The van der Waals surface area contributed by atoms with Gasteiger partial charge in [-0.2, -0.15) is 0 Å². The van der Waals surface area contributed by atoms with E-state index >= 15 is 0 Å². The average Bonchev–Trinajstić information content (AvgIpc) is 2.64. The molecule has 0 aromatic carbocycles. The van der Waals surface area contributed by atoms with Gasteiger partial charge in [0.15, 0.2) is 0 Å². The Labute approximate surface area is 95.0 Å². The molecule has 0 saturated heterocycles. The molecular formula is C9H17NO5S. The smallest absolute Gasteiger partial charge is 0.304 e. The maximum atomic E-state index is 11.8. The molecule has 0 spiro atoms. The number of ether oxygens (including phenoxy) is 1. The van der Waals surface area contributed by atoms with Gasteiger partial charge in [0.1, 0.15) is 5.25 Å². The van der Waals surface area contributed by atoms with Gasteiger partial charge in [0.05, 0.1) is 12.5 Å². The molecule has 1 rings (SSSR count). The Kier molecular flexibility index (Phi) is 4.69. The summed E-state index contributed by atoms with van der Waals surface area (Å²) in [5.41, 5.74) is 0. The van der Waals surface area contributed by atoms with Gasteiger partial charge in [-0.25, -0.2) is 13.1 Å². The van der Waals surface area contributed by atoms with Crippen molar-refractivity contribution in [2.75, 3.05) is 13.7 Å². The molecule has 0 aromatic rings. The van der Waals surface area contributed by atoms with Crippen molar-refractivity contribution in [3.63, 3.8) is 0 Å².